The summed E-state index contributed by atoms with van der Waals surface area (Å²) < 4.78 is 2.41. The van der Waals surface area contributed by atoms with E-state index in [1.807, 2.05) is 36.4 Å². The van der Waals surface area contributed by atoms with E-state index in [0.29, 0.717) is 5.56 Å². The summed E-state index contributed by atoms with van der Waals surface area (Å²) in [6.07, 6.45) is 1.75. The Morgan fingerprint density at radius 3 is 2.11 bits per heavy atom. The third-order valence-electron chi connectivity index (χ3n) is 11.2. The Labute approximate surface area is 315 Å². The van der Waals surface area contributed by atoms with Crippen LogP contribution in [0, 0.1) is 11.3 Å². The Morgan fingerprint density at radius 2 is 1.31 bits per heavy atom. The zero-order chi connectivity index (χ0) is 36.4. The first-order valence-electron chi connectivity index (χ1n) is 18.5. The topological polar surface area (TPSA) is 53.1 Å². The molecule has 4 nitrogen and oxygen atoms in total. The number of nitriles is 1. The van der Waals surface area contributed by atoms with Crippen molar-refractivity contribution in [3.63, 3.8) is 0 Å². The summed E-state index contributed by atoms with van der Waals surface area (Å²) in [5, 5.41) is 16.6. The Bertz CT molecular complexity index is 2890. The molecular weight excluding hydrogens is 657 g/mol. The van der Waals surface area contributed by atoms with E-state index in [0.717, 1.165) is 55.9 Å². The minimum atomic E-state index is -0.390. The van der Waals surface area contributed by atoms with Crippen molar-refractivity contribution in [1.82, 2.24) is 9.88 Å². The predicted octanol–water partition coefficient (Wildman–Crippen LogP) is 11.8. The molecule has 4 heteroatoms. The van der Waals surface area contributed by atoms with E-state index in [4.69, 9.17) is 4.99 Å². The molecule has 1 aromatic heterocycles. The van der Waals surface area contributed by atoms with Crippen LogP contribution in [-0.2, 0) is 5.41 Å². The minimum absolute atomic E-state index is 0.173. The Kier molecular flexibility index (Phi) is 7.25. The van der Waals surface area contributed by atoms with Gasteiger partial charge in [0.1, 0.15) is 6.17 Å². The number of fused-ring (bicyclic) bond motifs is 7. The van der Waals surface area contributed by atoms with Crippen LogP contribution in [-0.4, -0.2) is 10.3 Å². The maximum atomic E-state index is 10.3. The monoisotopic (exact) mass is 692 g/mol. The molecular formula is C50H36N4. The maximum Gasteiger partial charge on any atom is 0.145 e. The number of hydrogen-bond donors (Lipinski definition) is 1. The summed E-state index contributed by atoms with van der Waals surface area (Å²) in [4.78, 5) is 5.37. The number of aromatic nitrogens is 1. The van der Waals surface area contributed by atoms with Crippen molar-refractivity contribution in [2.24, 2.45) is 4.99 Å². The molecule has 0 bridgehead atoms. The molecule has 1 atom stereocenters. The predicted molar refractivity (Wildman–Crippen MR) is 222 cm³/mol. The van der Waals surface area contributed by atoms with Gasteiger partial charge in [-0.05, 0) is 92.5 Å². The van der Waals surface area contributed by atoms with Gasteiger partial charge in [0, 0.05) is 27.6 Å². The van der Waals surface area contributed by atoms with Crippen LogP contribution in [0.3, 0.4) is 0 Å². The van der Waals surface area contributed by atoms with Crippen molar-refractivity contribution in [3.8, 4) is 34.0 Å². The van der Waals surface area contributed by atoms with E-state index in [1.54, 1.807) is 0 Å². The van der Waals surface area contributed by atoms with Crippen LogP contribution in [0.15, 0.2) is 175 Å². The van der Waals surface area contributed by atoms with E-state index in [-0.39, 0.29) is 11.6 Å². The summed E-state index contributed by atoms with van der Waals surface area (Å²) in [7, 11) is 0. The first-order chi connectivity index (χ1) is 26.5. The van der Waals surface area contributed by atoms with Gasteiger partial charge in [-0.1, -0.05) is 141 Å². The lowest BCUT2D eigenvalue weighted by atomic mass is 9.80. The number of nitrogens with zero attached hydrogens (tertiary/aromatic N) is 3. The van der Waals surface area contributed by atoms with E-state index in [2.05, 4.69) is 163 Å². The number of para-hydroxylation sites is 1. The van der Waals surface area contributed by atoms with Gasteiger partial charge in [0.25, 0.3) is 0 Å². The van der Waals surface area contributed by atoms with Gasteiger partial charge in [0.05, 0.1) is 28.4 Å². The number of hydrogen-bond acceptors (Lipinski definition) is 3. The second-order valence-electron chi connectivity index (χ2n) is 14.7. The molecule has 1 unspecified atom stereocenters. The van der Waals surface area contributed by atoms with Gasteiger partial charge in [0.2, 0.25) is 0 Å². The van der Waals surface area contributed by atoms with Gasteiger partial charge in [-0.3, -0.25) is 4.99 Å². The fourth-order valence-electron chi connectivity index (χ4n) is 8.76. The highest BCUT2D eigenvalue weighted by molar-refractivity contribution is 6.15. The average Bonchev–Trinajstić information content (AvgIpc) is 3.69. The van der Waals surface area contributed by atoms with Crippen molar-refractivity contribution >= 4 is 33.2 Å². The molecule has 7 aromatic carbocycles. The molecule has 256 valence electrons. The van der Waals surface area contributed by atoms with Crippen LogP contribution >= 0.6 is 0 Å². The van der Waals surface area contributed by atoms with Gasteiger partial charge >= 0.3 is 0 Å². The van der Waals surface area contributed by atoms with Crippen LogP contribution in [0.4, 0.5) is 0 Å². The molecule has 0 spiro atoms. The lowest BCUT2D eigenvalue weighted by Crippen LogP contribution is -2.25. The van der Waals surface area contributed by atoms with Crippen LogP contribution in [0.25, 0.3) is 55.4 Å². The fraction of sp³-hybridized carbons (Fsp3) is 0.0800. The standard InChI is InChI=1S/C50H36N4/c1-50(2)42-23-13-11-21-39(42)40-25-26-46-47(48(40)50)41-22-12-14-24-45(41)54(46)37-28-35(38-20-10-9-19-34(38)31-51)27-36(29-37)49-52-43(32-15-5-3-6-16-32)30-44(53-49)33-17-7-4-8-18-33/h3-30,49,52H,1-2H3. The molecule has 0 saturated carbocycles. The molecule has 1 N–H and O–H groups in total. The Hall–Kier alpha value is -6.96. The Morgan fingerprint density at radius 1 is 0.630 bits per heavy atom. The molecule has 10 rings (SSSR count). The number of benzene rings is 7. The number of aliphatic imine (C=N–C) groups is 1. The zero-order valence-corrected chi connectivity index (χ0v) is 30.1. The quantitative estimate of drug-likeness (QED) is 0.195. The van der Waals surface area contributed by atoms with Gasteiger partial charge in [-0.2, -0.15) is 5.26 Å². The highest BCUT2D eigenvalue weighted by Gasteiger charge is 2.38. The van der Waals surface area contributed by atoms with Crippen molar-refractivity contribution in [2.75, 3.05) is 0 Å². The van der Waals surface area contributed by atoms with E-state index >= 15 is 0 Å². The molecule has 2 heterocycles. The molecule has 0 fully saturated rings. The van der Waals surface area contributed by atoms with Crippen LogP contribution in [0.5, 0.6) is 0 Å². The first kappa shape index (κ1) is 31.7. The highest BCUT2D eigenvalue weighted by Crippen LogP contribution is 2.53. The molecule has 54 heavy (non-hydrogen) atoms. The average molecular weight is 693 g/mol. The lowest BCUT2D eigenvalue weighted by Gasteiger charge is -2.26. The normalized spacial score (nSPS) is 15.5. The van der Waals surface area contributed by atoms with Crippen LogP contribution in [0.1, 0.15) is 53.4 Å². The summed E-state index contributed by atoms with van der Waals surface area (Å²) in [6.45, 7) is 4.71. The molecule has 2 aliphatic rings. The van der Waals surface area contributed by atoms with Crippen LogP contribution < -0.4 is 5.32 Å². The van der Waals surface area contributed by atoms with E-state index < -0.39 is 0 Å². The van der Waals surface area contributed by atoms with Gasteiger partial charge in [-0.25, -0.2) is 0 Å². The zero-order valence-electron chi connectivity index (χ0n) is 30.1. The molecule has 0 radical (unpaired) electrons. The minimum Gasteiger partial charge on any atom is -0.360 e. The van der Waals surface area contributed by atoms with Crippen LogP contribution in [0.2, 0.25) is 0 Å². The fourth-order valence-corrected chi connectivity index (χ4v) is 8.76. The molecule has 0 saturated heterocycles. The highest BCUT2D eigenvalue weighted by atomic mass is 15.1. The number of rotatable bonds is 5. The Balaban J connectivity index is 1.24. The van der Waals surface area contributed by atoms with Crippen molar-refractivity contribution in [3.05, 3.63) is 203 Å². The molecule has 0 amide bonds. The number of nitrogens with one attached hydrogen (secondary N) is 1. The SMILES string of the molecule is CC1(C)c2ccccc2-c2ccc3c(c21)c1ccccc1n3-c1cc(-c2ccccc2C#N)cc(C2N=C(c3ccccc3)C=C(c3ccccc3)N2)c1. The molecule has 1 aliphatic carbocycles. The molecule has 8 aromatic rings. The van der Waals surface area contributed by atoms with Gasteiger partial charge in [-0.15, -0.1) is 0 Å². The first-order valence-corrected chi connectivity index (χ1v) is 18.5. The van der Waals surface area contributed by atoms with Crippen molar-refractivity contribution < 1.29 is 0 Å². The van der Waals surface area contributed by atoms with Crippen molar-refractivity contribution in [1.29, 1.82) is 5.26 Å². The lowest BCUT2D eigenvalue weighted by molar-refractivity contribution is 0.664. The van der Waals surface area contributed by atoms with Gasteiger partial charge < -0.3 is 9.88 Å². The summed E-state index contributed by atoms with van der Waals surface area (Å²) in [5.74, 6) is 0. The second-order valence-corrected chi connectivity index (χ2v) is 14.7. The van der Waals surface area contributed by atoms with Gasteiger partial charge in [0.15, 0.2) is 0 Å². The molecule has 1 aliphatic heterocycles. The maximum absolute atomic E-state index is 10.3. The van der Waals surface area contributed by atoms with E-state index in [9.17, 15) is 5.26 Å². The van der Waals surface area contributed by atoms with E-state index in [1.165, 1.54) is 33.0 Å². The smallest absolute Gasteiger partial charge is 0.145 e. The third kappa shape index (κ3) is 4.94. The summed E-state index contributed by atoms with van der Waals surface area (Å²) >= 11 is 0. The van der Waals surface area contributed by atoms with Crippen molar-refractivity contribution in [2.45, 2.75) is 25.4 Å². The second kappa shape index (κ2) is 12.3. The summed E-state index contributed by atoms with van der Waals surface area (Å²) in [5.41, 5.74) is 16.1. The number of allylic oxidation sites excluding steroid dienone is 1. The largest absolute Gasteiger partial charge is 0.360 e. The summed E-state index contributed by atoms with van der Waals surface area (Å²) in [6, 6.07) is 60.1. The third-order valence-corrected chi connectivity index (χ3v) is 11.2.